The van der Waals surface area contributed by atoms with Gasteiger partial charge in [-0.25, -0.2) is 9.97 Å². The first-order valence-electron chi connectivity index (χ1n) is 13.3. The minimum atomic E-state index is -0.0872. The lowest BCUT2D eigenvalue weighted by atomic mass is 10.0. The molecule has 0 N–H and O–H groups in total. The van der Waals surface area contributed by atoms with E-state index in [0.717, 1.165) is 37.7 Å². The Morgan fingerprint density at radius 3 is 2.12 bits per heavy atom. The standard InChI is InChI=1S/C29H42N2O2/c1-3-5-6-7-8-9-10-11-12-13-24-21-30-28(31-22-24)25-16-18-27(19-17-25)33-29(32)26-15-14-23(4-2)20-26/h16-19,21-23,26H,3-15,20H2,1-2H3. The van der Waals surface area contributed by atoms with Gasteiger partial charge in [0.15, 0.2) is 5.82 Å². The van der Waals surface area contributed by atoms with E-state index in [1.807, 2.05) is 36.7 Å². The number of benzene rings is 1. The fraction of sp³-hybridized carbons (Fsp3) is 0.621. The molecule has 33 heavy (non-hydrogen) atoms. The second-order valence-corrected chi connectivity index (χ2v) is 9.72. The van der Waals surface area contributed by atoms with Crippen molar-refractivity contribution in [1.82, 2.24) is 9.97 Å². The summed E-state index contributed by atoms with van der Waals surface area (Å²) in [5.74, 6) is 1.95. The smallest absolute Gasteiger partial charge is 0.314 e. The molecule has 0 amide bonds. The van der Waals surface area contributed by atoms with Crippen LogP contribution in [-0.2, 0) is 11.2 Å². The maximum atomic E-state index is 12.4. The lowest BCUT2D eigenvalue weighted by Crippen LogP contribution is -2.18. The molecule has 0 radical (unpaired) electrons. The van der Waals surface area contributed by atoms with E-state index < -0.39 is 0 Å². The normalized spacial score (nSPS) is 17.9. The van der Waals surface area contributed by atoms with Crippen molar-refractivity contribution in [2.75, 3.05) is 0 Å². The third-order valence-corrected chi connectivity index (χ3v) is 7.06. The van der Waals surface area contributed by atoms with Crippen LogP contribution in [0.1, 0.15) is 103 Å². The van der Waals surface area contributed by atoms with Crippen molar-refractivity contribution in [3.8, 4) is 17.1 Å². The molecule has 180 valence electrons. The highest BCUT2D eigenvalue weighted by molar-refractivity contribution is 5.75. The van der Waals surface area contributed by atoms with Gasteiger partial charge in [-0.1, -0.05) is 71.6 Å². The highest BCUT2D eigenvalue weighted by atomic mass is 16.5. The van der Waals surface area contributed by atoms with Gasteiger partial charge in [0.2, 0.25) is 0 Å². The number of aryl methyl sites for hydroxylation is 1. The maximum absolute atomic E-state index is 12.4. The van der Waals surface area contributed by atoms with Crippen molar-refractivity contribution in [3.05, 3.63) is 42.2 Å². The molecular formula is C29H42N2O2. The molecule has 0 saturated heterocycles. The SMILES string of the molecule is CCCCCCCCCCCc1cnc(-c2ccc(OC(=O)C3CCC(CC)C3)cc2)nc1. The van der Waals surface area contributed by atoms with Crippen LogP contribution in [0.3, 0.4) is 0 Å². The summed E-state index contributed by atoms with van der Waals surface area (Å²) in [7, 11) is 0. The summed E-state index contributed by atoms with van der Waals surface area (Å²) in [5, 5.41) is 0. The minimum absolute atomic E-state index is 0.0521. The lowest BCUT2D eigenvalue weighted by Gasteiger charge is -2.10. The second-order valence-electron chi connectivity index (χ2n) is 9.72. The van der Waals surface area contributed by atoms with E-state index >= 15 is 0 Å². The number of esters is 1. The molecule has 2 aromatic rings. The average Bonchev–Trinajstić information content (AvgIpc) is 3.34. The molecule has 0 aliphatic heterocycles. The Balaban J connectivity index is 1.37. The van der Waals surface area contributed by atoms with Gasteiger partial charge in [-0.3, -0.25) is 4.79 Å². The number of rotatable bonds is 14. The highest BCUT2D eigenvalue weighted by Crippen LogP contribution is 2.34. The largest absolute Gasteiger partial charge is 0.426 e. The third kappa shape index (κ3) is 8.57. The van der Waals surface area contributed by atoms with Crippen LogP contribution in [0.2, 0.25) is 0 Å². The van der Waals surface area contributed by atoms with Gasteiger partial charge < -0.3 is 4.74 Å². The molecule has 1 aromatic carbocycles. The Kier molecular flexibility index (Phi) is 10.9. The van der Waals surface area contributed by atoms with Gasteiger partial charge in [0.05, 0.1) is 5.92 Å². The van der Waals surface area contributed by atoms with Gasteiger partial charge in [-0.05, 0) is 67.9 Å². The zero-order chi connectivity index (χ0) is 23.3. The number of carbonyl (C=O) groups excluding carboxylic acids is 1. The number of aromatic nitrogens is 2. The summed E-state index contributed by atoms with van der Waals surface area (Å²) >= 11 is 0. The first-order chi connectivity index (χ1) is 16.2. The van der Waals surface area contributed by atoms with E-state index in [1.165, 1.54) is 63.4 Å². The Labute approximate surface area is 200 Å². The molecule has 4 heteroatoms. The van der Waals surface area contributed by atoms with Crippen LogP contribution in [0, 0.1) is 11.8 Å². The monoisotopic (exact) mass is 450 g/mol. The average molecular weight is 451 g/mol. The molecule has 0 spiro atoms. The van der Waals surface area contributed by atoms with Crippen molar-refractivity contribution in [3.63, 3.8) is 0 Å². The molecule has 1 fully saturated rings. The first kappa shape index (κ1) is 25.4. The molecule has 1 saturated carbocycles. The highest BCUT2D eigenvalue weighted by Gasteiger charge is 2.30. The molecule has 4 nitrogen and oxygen atoms in total. The summed E-state index contributed by atoms with van der Waals surface area (Å²) in [6, 6.07) is 7.56. The molecule has 3 rings (SSSR count). The van der Waals surface area contributed by atoms with Crippen molar-refractivity contribution in [1.29, 1.82) is 0 Å². The molecule has 1 heterocycles. The number of hydrogen-bond donors (Lipinski definition) is 0. The summed E-state index contributed by atoms with van der Waals surface area (Å²) in [4.78, 5) is 21.5. The second kappa shape index (κ2) is 14.1. The minimum Gasteiger partial charge on any atom is -0.426 e. The number of hydrogen-bond acceptors (Lipinski definition) is 4. The van der Waals surface area contributed by atoms with E-state index in [9.17, 15) is 4.79 Å². The van der Waals surface area contributed by atoms with Gasteiger partial charge in [0.25, 0.3) is 0 Å². The number of carbonyl (C=O) groups is 1. The van der Waals surface area contributed by atoms with Gasteiger partial charge in [-0.2, -0.15) is 0 Å². The number of nitrogens with zero attached hydrogens (tertiary/aromatic N) is 2. The Morgan fingerprint density at radius 2 is 1.52 bits per heavy atom. The topological polar surface area (TPSA) is 52.1 Å². The summed E-state index contributed by atoms with van der Waals surface area (Å²) in [6.07, 6.45) is 21.2. The van der Waals surface area contributed by atoms with Crippen molar-refractivity contribution in [2.24, 2.45) is 11.8 Å². The summed E-state index contributed by atoms with van der Waals surface area (Å²) < 4.78 is 5.62. The number of unbranched alkanes of at least 4 members (excludes halogenated alkanes) is 8. The van der Waals surface area contributed by atoms with Crippen molar-refractivity contribution >= 4 is 5.97 Å². The van der Waals surface area contributed by atoms with E-state index in [4.69, 9.17) is 4.74 Å². The number of ether oxygens (including phenoxy) is 1. The molecule has 2 unspecified atom stereocenters. The predicted octanol–water partition coefficient (Wildman–Crippen LogP) is 7.95. The third-order valence-electron chi connectivity index (χ3n) is 7.06. The van der Waals surface area contributed by atoms with Gasteiger partial charge in [0.1, 0.15) is 5.75 Å². The van der Waals surface area contributed by atoms with Crippen LogP contribution >= 0.6 is 0 Å². The predicted molar refractivity (Wildman–Crippen MR) is 135 cm³/mol. The first-order valence-corrected chi connectivity index (χ1v) is 13.3. The quantitative estimate of drug-likeness (QED) is 0.166. The van der Waals surface area contributed by atoms with E-state index in [0.29, 0.717) is 17.5 Å². The molecule has 2 atom stereocenters. The fourth-order valence-corrected chi connectivity index (χ4v) is 4.80. The Hall–Kier alpha value is -2.23. The van der Waals surface area contributed by atoms with Crippen LogP contribution < -0.4 is 4.74 Å². The van der Waals surface area contributed by atoms with E-state index in [1.54, 1.807) is 0 Å². The zero-order valence-corrected chi connectivity index (χ0v) is 20.7. The van der Waals surface area contributed by atoms with Crippen LogP contribution in [0.25, 0.3) is 11.4 Å². The van der Waals surface area contributed by atoms with Crippen LogP contribution in [-0.4, -0.2) is 15.9 Å². The molecule has 1 aliphatic rings. The van der Waals surface area contributed by atoms with Crippen LogP contribution in [0.5, 0.6) is 5.75 Å². The lowest BCUT2D eigenvalue weighted by molar-refractivity contribution is -0.138. The molecule has 0 bridgehead atoms. The van der Waals surface area contributed by atoms with Gasteiger partial charge in [-0.15, -0.1) is 0 Å². The maximum Gasteiger partial charge on any atom is 0.314 e. The van der Waals surface area contributed by atoms with Crippen molar-refractivity contribution in [2.45, 2.75) is 104 Å². The summed E-state index contributed by atoms with van der Waals surface area (Å²) in [5.41, 5.74) is 2.14. The summed E-state index contributed by atoms with van der Waals surface area (Å²) in [6.45, 7) is 4.47. The Morgan fingerprint density at radius 1 is 0.879 bits per heavy atom. The fourth-order valence-electron chi connectivity index (χ4n) is 4.80. The molecular weight excluding hydrogens is 408 g/mol. The van der Waals surface area contributed by atoms with Crippen LogP contribution in [0.4, 0.5) is 0 Å². The van der Waals surface area contributed by atoms with Crippen LogP contribution in [0.15, 0.2) is 36.7 Å². The zero-order valence-electron chi connectivity index (χ0n) is 20.7. The van der Waals surface area contributed by atoms with Gasteiger partial charge in [0, 0.05) is 18.0 Å². The van der Waals surface area contributed by atoms with E-state index in [2.05, 4.69) is 23.8 Å². The van der Waals surface area contributed by atoms with E-state index in [-0.39, 0.29) is 11.9 Å². The van der Waals surface area contributed by atoms with Gasteiger partial charge >= 0.3 is 5.97 Å². The molecule has 1 aromatic heterocycles. The Bertz CT molecular complexity index is 817. The molecule has 1 aliphatic carbocycles. The van der Waals surface area contributed by atoms with Crippen molar-refractivity contribution < 1.29 is 9.53 Å².